The van der Waals surface area contributed by atoms with Crippen molar-refractivity contribution in [3.63, 3.8) is 0 Å². The van der Waals surface area contributed by atoms with Crippen LogP contribution in [-0.2, 0) is 0 Å². The lowest BCUT2D eigenvalue weighted by molar-refractivity contribution is 0.0602. The van der Waals surface area contributed by atoms with Crippen LogP contribution in [0.4, 0.5) is 0 Å². The van der Waals surface area contributed by atoms with Crippen LogP contribution in [0.5, 0.6) is 0 Å². The molecule has 1 N–H and O–H groups in total. The molecule has 0 aromatic carbocycles. The molecule has 5 heteroatoms. The number of amides is 1. The minimum Gasteiger partial charge on any atom is -0.333 e. The first kappa shape index (κ1) is 15.7. The van der Waals surface area contributed by atoms with Crippen LogP contribution >= 0.6 is 0 Å². The number of pyridine rings is 1. The van der Waals surface area contributed by atoms with Crippen molar-refractivity contribution in [3.8, 4) is 5.82 Å². The fourth-order valence-corrected chi connectivity index (χ4v) is 3.32. The first-order valence-corrected chi connectivity index (χ1v) is 8.15. The summed E-state index contributed by atoms with van der Waals surface area (Å²) in [6, 6.07) is 8.30. The average molecular weight is 312 g/mol. The Bertz CT molecular complexity index is 707. The van der Waals surface area contributed by atoms with Crippen LogP contribution in [0.15, 0.2) is 30.5 Å². The topological polar surface area (TPSA) is 50.2 Å². The van der Waals surface area contributed by atoms with Gasteiger partial charge < -0.3 is 14.8 Å². The van der Waals surface area contributed by atoms with Crippen molar-refractivity contribution in [2.45, 2.75) is 39.8 Å². The Balaban J connectivity index is 1.97. The van der Waals surface area contributed by atoms with E-state index in [9.17, 15) is 4.79 Å². The number of hydrogen-bond donors (Lipinski definition) is 1. The Hall–Kier alpha value is -2.14. The molecule has 23 heavy (non-hydrogen) atoms. The van der Waals surface area contributed by atoms with Gasteiger partial charge in [-0.2, -0.15) is 0 Å². The molecule has 2 aromatic rings. The first-order valence-electron chi connectivity index (χ1n) is 8.15. The molecule has 0 radical (unpaired) electrons. The molecule has 0 bridgehead atoms. The predicted octanol–water partition coefficient (Wildman–Crippen LogP) is 2.31. The van der Waals surface area contributed by atoms with Gasteiger partial charge in [0.25, 0.3) is 5.91 Å². The van der Waals surface area contributed by atoms with Crippen molar-refractivity contribution in [2.75, 3.05) is 13.1 Å². The van der Waals surface area contributed by atoms with E-state index in [0.717, 1.165) is 35.9 Å². The number of aryl methyl sites for hydroxylation is 1. The molecule has 2 atom stereocenters. The van der Waals surface area contributed by atoms with Gasteiger partial charge in [0.1, 0.15) is 5.82 Å². The SMILES string of the molecule is Cc1cc(C(=O)N2CCNC(C)C2C)c(C)n1-c1ccccn1. The second-order valence-corrected chi connectivity index (χ2v) is 6.29. The lowest BCUT2D eigenvalue weighted by Crippen LogP contribution is -2.57. The molecule has 0 saturated carbocycles. The van der Waals surface area contributed by atoms with Gasteiger partial charge in [-0.25, -0.2) is 4.98 Å². The summed E-state index contributed by atoms with van der Waals surface area (Å²) >= 11 is 0. The second kappa shape index (κ2) is 6.16. The third kappa shape index (κ3) is 2.77. The summed E-state index contributed by atoms with van der Waals surface area (Å²) in [6.07, 6.45) is 1.77. The predicted molar refractivity (Wildman–Crippen MR) is 91.0 cm³/mol. The summed E-state index contributed by atoms with van der Waals surface area (Å²) in [6.45, 7) is 9.83. The molecule has 2 aromatic heterocycles. The number of carbonyl (C=O) groups is 1. The molecule has 1 aliphatic heterocycles. The Kier molecular flexibility index (Phi) is 4.22. The Morgan fingerprint density at radius 1 is 1.30 bits per heavy atom. The van der Waals surface area contributed by atoms with E-state index in [1.54, 1.807) is 6.20 Å². The van der Waals surface area contributed by atoms with Crippen molar-refractivity contribution in [1.29, 1.82) is 0 Å². The summed E-state index contributed by atoms with van der Waals surface area (Å²) in [7, 11) is 0. The van der Waals surface area contributed by atoms with Crippen LogP contribution in [-0.4, -0.2) is 45.5 Å². The lowest BCUT2D eigenvalue weighted by atomic mass is 10.1. The van der Waals surface area contributed by atoms with E-state index in [0.29, 0.717) is 6.04 Å². The third-order valence-corrected chi connectivity index (χ3v) is 4.84. The van der Waals surface area contributed by atoms with E-state index >= 15 is 0 Å². The van der Waals surface area contributed by atoms with Gasteiger partial charge in [0.05, 0.1) is 5.56 Å². The summed E-state index contributed by atoms with van der Waals surface area (Å²) in [4.78, 5) is 19.4. The number of nitrogens with zero attached hydrogens (tertiary/aromatic N) is 3. The molecule has 0 aliphatic carbocycles. The fraction of sp³-hybridized carbons (Fsp3) is 0.444. The van der Waals surface area contributed by atoms with Crippen molar-refractivity contribution in [2.24, 2.45) is 0 Å². The number of nitrogens with one attached hydrogen (secondary N) is 1. The zero-order valence-corrected chi connectivity index (χ0v) is 14.2. The number of hydrogen-bond acceptors (Lipinski definition) is 3. The molecule has 1 aliphatic rings. The highest BCUT2D eigenvalue weighted by Crippen LogP contribution is 2.22. The summed E-state index contributed by atoms with van der Waals surface area (Å²) in [5.74, 6) is 0.962. The highest BCUT2D eigenvalue weighted by atomic mass is 16.2. The van der Waals surface area contributed by atoms with Crippen LogP contribution in [0.1, 0.15) is 35.6 Å². The first-order chi connectivity index (χ1) is 11.0. The average Bonchev–Trinajstić information content (AvgIpc) is 2.85. The lowest BCUT2D eigenvalue weighted by Gasteiger charge is -2.38. The molecule has 3 heterocycles. The smallest absolute Gasteiger partial charge is 0.256 e. The van der Waals surface area contributed by atoms with Crippen LogP contribution in [0.2, 0.25) is 0 Å². The van der Waals surface area contributed by atoms with E-state index < -0.39 is 0 Å². The van der Waals surface area contributed by atoms with Crippen LogP contribution in [0, 0.1) is 13.8 Å². The van der Waals surface area contributed by atoms with E-state index in [2.05, 4.69) is 24.1 Å². The third-order valence-electron chi connectivity index (χ3n) is 4.84. The Morgan fingerprint density at radius 2 is 2.09 bits per heavy atom. The Morgan fingerprint density at radius 3 is 2.78 bits per heavy atom. The summed E-state index contributed by atoms with van der Waals surface area (Å²) in [5, 5.41) is 3.42. The van der Waals surface area contributed by atoms with Gasteiger partial charge in [-0.15, -0.1) is 0 Å². The molecule has 1 fully saturated rings. The van der Waals surface area contributed by atoms with Gasteiger partial charge in [-0.1, -0.05) is 6.07 Å². The number of aromatic nitrogens is 2. The van der Waals surface area contributed by atoms with Crippen molar-refractivity contribution >= 4 is 5.91 Å². The zero-order valence-electron chi connectivity index (χ0n) is 14.2. The van der Waals surface area contributed by atoms with Gasteiger partial charge in [0.15, 0.2) is 0 Å². The summed E-state index contributed by atoms with van der Waals surface area (Å²) in [5.41, 5.74) is 2.75. The van der Waals surface area contributed by atoms with Crippen LogP contribution < -0.4 is 5.32 Å². The van der Waals surface area contributed by atoms with E-state index in [-0.39, 0.29) is 11.9 Å². The van der Waals surface area contributed by atoms with Crippen LogP contribution in [0.3, 0.4) is 0 Å². The maximum Gasteiger partial charge on any atom is 0.256 e. The molecule has 2 unspecified atom stereocenters. The fourth-order valence-electron chi connectivity index (χ4n) is 3.32. The number of rotatable bonds is 2. The van der Waals surface area contributed by atoms with Gasteiger partial charge in [0.2, 0.25) is 0 Å². The molecule has 0 spiro atoms. The molecule has 122 valence electrons. The number of carbonyl (C=O) groups excluding carboxylic acids is 1. The monoisotopic (exact) mass is 312 g/mol. The Labute approximate surface area is 137 Å². The van der Waals surface area contributed by atoms with Crippen molar-refractivity contribution < 1.29 is 4.79 Å². The maximum absolute atomic E-state index is 13.0. The van der Waals surface area contributed by atoms with E-state index in [1.807, 2.05) is 47.6 Å². The van der Waals surface area contributed by atoms with Crippen molar-refractivity contribution in [1.82, 2.24) is 19.8 Å². The van der Waals surface area contributed by atoms with Gasteiger partial charge in [-0.05, 0) is 45.9 Å². The largest absolute Gasteiger partial charge is 0.333 e. The zero-order chi connectivity index (χ0) is 16.6. The number of piperazine rings is 1. The van der Waals surface area contributed by atoms with E-state index in [1.165, 1.54) is 0 Å². The standard InChI is InChI=1S/C18H24N4O/c1-12-11-16(15(4)22(12)17-7-5-6-8-20-17)18(23)21-10-9-19-13(2)14(21)3/h5-8,11,13-14,19H,9-10H2,1-4H3. The summed E-state index contributed by atoms with van der Waals surface area (Å²) < 4.78 is 2.05. The molecule has 1 saturated heterocycles. The quantitative estimate of drug-likeness (QED) is 0.926. The molecule has 3 rings (SSSR count). The molecule has 1 amide bonds. The molecular formula is C18H24N4O. The van der Waals surface area contributed by atoms with Gasteiger partial charge >= 0.3 is 0 Å². The normalized spacial score (nSPS) is 21.5. The molecule has 5 nitrogen and oxygen atoms in total. The van der Waals surface area contributed by atoms with Gasteiger partial charge in [0, 0.05) is 42.8 Å². The molecular weight excluding hydrogens is 288 g/mol. The van der Waals surface area contributed by atoms with Crippen molar-refractivity contribution in [3.05, 3.63) is 47.4 Å². The highest BCUT2D eigenvalue weighted by Gasteiger charge is 2.30. The van der Waals surface area contributed by atoms with Gasteiger partial charge in [-0.3, -0.25) is 4.79 Å². The maximum atomic E-state index is 13.0. The van der Waals surface area contributed by atoms with Crippen LogP contribution in [0.25, 0.3) is 5.82 Å². The minimum atomic E-state index is 0.112. The highest BCUT2D eigenvalue weighted by molar-refractivity contribution is 5.96. The minimum absolute atomic E-state index is 0.112. The second-order valence-electron chi connectivity index (χ2n) is 6.29. The van der Waals surface area contributed by atoms with E-state index in [4.69, 9.17) is 0 Å².